The molecular weight excluding hydrogens is 268 g/mol. The number of nitrogens with one attached hydrogen (secondary N) is 1. The maximum Gasteiger partial charge on any atom is 0.252 e. The van der Waals surface area contributed by atoms with Gasteiger partial charge in [0.1, 0.15) is 0 Å². The van der Waals surface area contributed by atoms with Crippen molar-refractivity contribution >= 4 is 17.2 Å². The highest BCUT2D eigenvalue weighted by molar-refractivity contribution is 7.08. The van der Waals surface area contributed by atoms with Crippen molar-refractivity contribution in [3.05, 3.63) is 22.4 Å². The van der Waals surface area contributed by atoms with Crippen molar-refractivity contribution < 1.29 is 4.79 Å². The van der Waals surface area contributed by atoms with Gasteiger partial charge in [-0.1, -0.05) is 13.8 Å². The summed E-state index contributed by atoms with van der Waals surface area (Å²) < 4.78 is 0. The largest absolute Gasteiger partial charge is 0.352 e. The van der Waals surface area contributed by atoms with Gasteiger partial charge < -0.3 is 10.2 Å². The van der Waals surface area contributed by atoms with Crippen LogP contribution in [0.3, 0.4) is 0 Å². The van der Waals surface area contributed by atoms with Gasteiger partial charge in [0.15, 0.2) is 0 Å². The summed E-state index contributed by atoms with van der Waals surface area (Å²) in [6.45, 7) is 8.97. The molecule has 1 amide bonds. The second-order valence-electron chi connectivity index (χ2n) is 6.37. The third kappa shape index (κ3) is 3.07. The van der Waals surface area contributed by atoms with Crippen molar-refractivity contribution in [2.75, 3.05) is 20.1 Å². The molecule has 0 aromatic carbocycles. The van der Waals surface area contributed by atoms with Crippen LogP contribution in [0.4, 0.5) is 0 Å². The molecule has 3 atom stereocenters. The Hall–Kier alpha value is -0.870. The molecule has 3 nitrogen and oxygen atoms in total. The highest BCUT2D eigenvalue weighted by Gasteiger charge is 2.41. The molecule has 0 aliphatic carbocycles. The first-order chi connectivity index (χ1) is 9.45. The number of carbonyl (C=O) groups is 1. The Morgan fingerprint density at radius 2 is 2.30 bits per heavy atom. The van der Waals surface area contributed by atoms with Crippen LogP contribution in [0.25, 0.3) is 0 Å². The first kappa shape index (κ1) is 15.5. The van der Waals surface area contributed by atoms with Gasteiger partial charge in [0, 0.05) is 23.5 Å². The molecule has 1 saturated heterocycles. The molecule has 112 valence electrons. The number of likely N-dealkylation sites (tertiary alicyclic amines) is 1. The van der Waals surface area contributed by atoms with Crippen LogP contribution < -0.4 is 5.32 Å². The quantitative estimate of drug-likeness (QED) is 0.924. The lowest BCUT2D eigenvalue weighted by Crippen LogP contribution is -2.52. The average Bonchev–Trinajstić information content (AvgIpc) is 2.95. The zero-order valence-electron chi connectivity index (χ0n) is 13.0. The van der Waals surface area contributed by atoms with E-state index in [1.165, 1.54) is 13.0 Å². The van der Waals surface area contributed by atoms with Crippen molar-refractivity contribution in [2.45, 2.75) is 39.7 Å². The predicted molar refractivity (Wildman–Crippen MR) is 85.2 cm³/mol. The van der Waals surface area contributed by atoms with Crippen LogP contribution in [-0.4, -0.2) is 37.0 Å². The maximum atomic E-state index is 12.0. The van der Waals surface area contributed by atoms with Crippen molar-refractivity contribution in [3.63, 3.8) is 0 Å². The molecule has 1 fully saturated rings. The van der Waals surface area contributed by atoms with Gasteiger partial charge in [-0.2, -0.15) is 11.3 Å². The minimum atomic E-state index is 0.0549. The number of piperidine rings is 1. The Kier molecular flexibility index (Phi) is 4.86. The van der Waals surface area contributed by atoms with E-state index in [0.29, 0.717) is 12.0 Å². The third-order valence-electron chi connectivity index (χ3n) is 5.39. The summed E-state index contributed by atoms with van der Waals surface area (Å²) in [5, 5.41) is 6.90. The Balaban J connectivity index is 1.90. The fourth-order valence-corrected chi connectivity index (χ4v) is 3.87. The van der Waals surface area contributed by atoms with Gasteiger partial charge in [0.2, 0.25) is 0 Å². The second kappa shape index (κ2) is 6.27. The average molecular weight is 294 g/mol. The lowest BCUT2D eigenvalue weighted by atomic mass is 9.66. The molecule has 1 aromatic rings. The zero-order chi connectivity index (χ0) is 14.8. The molecule has 0 spiro atoms. The Morgan fingerprint density at radius 3 is 2.95 bits per heavy atom. The van der Waals surface area contributed by atoms with Gasteiger partial charge in [-0.05, 0) is 56.1 Å². The van der Waals surface area contributed by atoms with E-state index in [1.807, 2.05) is 16.8 Å². The number of thiophene rings is 1. The number of rotatable bonds is 4. The first-order valence-electron chi connectivity index (χ1n) is 7.46. The van der Waals surface area contributed by atoms with E-state index in [1.54, 1.807) is 11.3 Å². The van der Waals surface area contributed by atoms with E-state index < -0.39 is 0 Å². The number of carbonyl (C=O) groups excluding carboxylic acids is 1. The highest BCUT2D eigenvalue weighted by Crippen LogP contribution is 2.42. The number of hydrogen-bond donors (Lipinski definition) is 1. The minimum absolute atomic E-state index is 0.0549. The molecule has 0 radical (unpaired) electrons. The SMILES string of the molecule is CC1CCN(C)C(C)C1(C)CCNC(=O)c1ccsc1. The summed E-state index contributed by atoms with van der Waals surface area (Å²) in [7, 11) is 2.21. The summed E-state index contributed by atoms with van der Waals surface area (Å²) in [4.78, 5) is 14.4. The van der Waals surface area contributed by atoms with Gasteiger partial charge in [0.05, 0.1) is 0 Å². The first-order valence-corrected chi connectivity index (χ1v) is 8.40. The minimum Gasteiger partial charge on any atom is -0.352 e. The van der Waals surface area contributed by atoms with Crippen LogP contribution in [-0.2, 0) is 0 Å². The molecule has 3 unspecified atom stereocenters. The van der Waals surface area contributed by atoms with Crippen molar-refractivity contribution in [3.8, 4) is 0 Å². The summed E-state index contributed by atoms with van der Waals surface area (Å²) in [5.74, 6) is 0.756. The number of nitrogens with zero attached hydrogens (tertiary/aromatic N) is 1. The normalized spacial score (nSPS) is 31.2. The summed E-state index contributed by atoms with van der Waals surface area (Å²) in [5.41, 5.74) is 1.05. The predicted octanol–water partition coefficient (Wildman–Crippen LogP) is 3.23. The van der Waals surface area contributed by atoms with Crippen LogP contribution >= 0.6 is 11.3 Å². The smallest absolute Gasteiger partial charge is 0.252 e. The monoisotopic (exact) mass is 294 g/mol. The molecular formula is C16H26N2OS. The summed E-state index contributed by atoms with van der Waals surface area (Å²) >= 11 is 1.56. The lowest BCUT2D eigenvalue weighted by molar-refractivity contribution is 0.00114. The van der Waals surface area contributed by atoms with Gasteiger partial charge in [-0.15, -0.1) is 0 Å². The number of hydrogen-bond acceptors (Lipinski definition) is 3. The molecule has 1 aliphatic heterocycles. The lowest BCUT2D eigenvalue weighted by Gasteiger charge is -2.50. The fourth-order valence-electron chi connectivity index (χ4n) is 3.23. The summed E-state index contributed by atoms with van der Waals surface area (Å²) in [6.07, 6.45) is 2.28. The molecule has 0 bridgehead atoms. The van der Waals surface area contributed by atoms with Crippen LogP contribution in [0.1, 0.15) is 44.0 Å². The fraction of sp³-hybridized carbons (Fsp3) is 0.688. The molecule has 1 aliphatic rings. The topological polar surface area (TPSA) is 32.3 Å². The van der Waals surface area contributed by atoms with Crippen LogP contribution in [0.5, 0.6) is 0 Å². The molecule has 2 heterocycles. The molecule has 0 saturated carbocycles. The summed E-state index contributed by atoms with van der Waals surface area (Å²) in [6, 6.07) is 2.44. The Labute approximate surface area is 126 Å². The van der Waals surface area contributed by atoms with Gasteiger partial charge >= 0.3 is 0 Å². The number of amides is 1. The second-order valence-corrected chi connectivity index (χ2v) is 7.15. The zero-order valence-corrected chi connectivity index (χ0v) is 13.8. The maximum absolute atomic E-state index is 12.0. The van der Waals surface area contributed by atoms with E-state index in [9.17, 15) is 4.79 Å². The van der Waals surface area contributed by atoms with E-state index >= 15 is 0 Å². The van der Waals surface area contributed by atoms with Gasteiger partial charge in [-0.25, -0.2) is 0 Å². The molecule has 1 N–H and O–H groups in total. The molecule has 1 aromatic heterocycles. The van der Waals surface area contributed by atoms with Crippen LogP contribution in [0.15, 0.2) is 16.8 Å². The van der Waals surface area contributed by atoms with Crippen LogP contribution in [0, 0.1) is 11.3 Å². The molecule has 20 heavy (non-hydrogen) atoms. The van der Waals surface area contributed by atoms with E-state index in [4.69, 9.17) is 0 Å². The van der Waals surface area contributed by atoms with E-state index in [-0.39, 0.29) is 11.3 Å². The van der Waals surface area contributed by atoms with Crippen molar-refractivity contribution in [1.82, 2.24) is 10.2 Å². The van der Waals surface area contributed by atoms with Gasteiger partial charge in [0.25, 0.3) is 5.91 Å². The standard InChI is InChI=1S/C16H26N2OS/c1-12-5-9-18(4)13(2)16(12,3)7-8-17-15(19)14-6-10-20-11-14/h6,10-13H,5,7-9H2,1-4H3,(H,17,19). The van der Waals surface area contributed by atoms with Crippen molar-refractivity contribution in [1.29, 1.82) is 0 Å². The van der Waals surface area contributed by atoms with E-state index in [2.05, 4.69) is 38.0 Å². The Morgan fingerprint density at radius 1 is 1.55 bits per heavy atom. The van der Waals surface area contributed by atoms with Gasteiger partial charge in [-0.3, -0.25) is 4.79 Å². The Bertz CT molecular complexity index is 445. The third-order valence-corrected chi connectivity index (χ3v) is 6.07. The van der Waals surface area contributed by atoms with Crippen molar-refractivity contribution in [2.24, 2.45) is 11.3 Å². The van der Waals surface area contributed by atoms with Crippen LogP contribution in [0.2, 0.25) is 0 Å². The molecule has 2 rings (SSSR count). The molecule has 4 heteroatoms. The van der Waals surface area contributed by atoms with E-state index in [0.717, 1.165) is 18.5 Å². The highest BCUT2D eigenvalue weighted by atomic mass is 32.1.